The maximum Gasteiger partial charge on any atom is 0.0509 e. The smallest absolute Gasteiger partial charge is 0.0509 e. The second kappa shape index (κ2) is 6.17. The van der Waals surface area contributed by atoms with E-state index in [1.54, 1.807) is 0 Å². The standard InChI is InChI=1S/C14H28N2O/c1-11(2)16-7-4-14(5-8-16)15-12(3)13-6-9-17-10-13/h11-15H,4-10H2,1-3H3. The van der Waals surface area contributed by atoms with Crippen molar-refractivity contribution in [3.8, 4) is 0 Å². The molecule has 17 heavy (non-hydrogen) atoms. The van der Waals surface area contributed by atoms with E-state index in [9.17, 15) is 0 Å². The molecule has 0 saturated carbocycles. The van der Waals surface area contributed by atoms with Crippen molar-refractivity contribution in [3.05, 3.63) is 0 Å². The van der Waals surface area contributed by atoms with Crippen LogP contribution in [0.4, 0.5) is 0 Å². The summed E-state index contributed by atoms with van der Waals surface area (Å²) in [4.78, 5) is 2.58. The highest BCUT2D eigenvalue weighted by atomic mass is 16.5. The van der Waals surface area contributed by atoms with Crippen molar-refractivity contribution < 1.29 is 4.74 Å². The summed E-state index contributed by atoms with van der Waals surface area (Å²) in [6.07, 6.45) is 3.84. The predicted octanol–water partition coefficient (Wildman–Crippen LogP) is 1.87. The number of ether oxygens (including phenoxy) is 1. The minimum Gasteiger partial charge on any atom is -0.381 e. The largest absolute Gasteiger partial charge is 0.381 e. The number of piperidine rings is 1. The Morgan fingerprint density at radius 1 is 1.12 bits per heavy atom. The van der Waals surface area contributed by atoms with Gasteiger partial charge in [0.2, 0.25) is 0 Å². The monoisotopic (exact) mass is 240 g/mol. The Morgan fingerprint density at radius 2 is 1.82 bits per heavy atom. The Morgan fingerprint density at radius 3 is 2.35 bits per heavy atom. The fourth-order valence-corrected chi connectivity index (χ4v) is 3.04. The van der Waals surface area contributed by atoms with Crippen LogP contribution in [0.25, 0.3) is 0 Å². The van der Waals surface area contributed by atoms with Gasteiger partial charge in [0.15, 0.2) is 0 Å². The van der Waals surface area contributed by atoms with Crippen LogP contribution in [0.2, 0.25) is 0 Å². The van der Waals surface area contributed by atoms with Gasteiger partial charge < -0.3 is 15.0 Å². The Labute approximate surface area is 106 Å². The average Bonchev–Trinajstić information content (AvgIpc) is 2.83. The zero-order valence-corrected chi connectivity index (χ0v) is 11.6. The Hall–Kier alpha value is -0.120. The summed E-state index contributed by atoms with van der Waals surface area (Å²) in [6.45, 7) is 11.3. The van der Waals surface area contributed by atoms with Crippen LogP contribution in [-0.4, -0.2) is 49.3 Å². The highest BCUT2D eigenvalue weighted by molar-refractivity contribution is 4.84. The van der Waals surface area contributed by atoms with Crippen molar-refractivity contribution in [2.75, 3.05) is 26.3 Å². The number of nitrogens with zero attached hydrogens (tertiary/aromatic N) is 1. The highest BCUT2D eigenvalue weighted by Gasteiger charge is 2.26. The lowest BCUT2D eigenvalue weighted by atomic mass is 9.97. The van der Waals surface area contributed by atoms with Gasteiger partial charge in [0.25, 0.3) is 0 Å². The van der Waals surface area contributed by atoms with Crippen LogP contribution in [0.1, 0.15) is 40.0 Å². The first kappa shape index (κ1) is 13.3. The number of rotatable bonds is 4. The first-order valence-electron chi connectivity index (χ1n) is 7.24. The summed E-state index contributed by atoms with van der Waals surface area (Å²) in [5.74, 6) is 0.734. The zero-order valence-electron chi connectivity index (χ0n) is 11.6. The van der Waals surface area contributed by atoms with Gasteiger partial charge in [-0.05, 0) is 59.0 Å². The van der Waals surface area contributed by atoms with Crippen LogP contribution in [0.5, 0.6) is 0 Å². The van der Waals surface area contributed by atoms with Crippen LogP contribution >= 0.6 is 0 Å². The van der Waals surface area contributed by atoms with Crippen molar-refractivity contribution in [2.45, 2.75) is 58.2 Å². The summed E-state index contributed by atoms with van der Waals surface area (Å²) in [5.41, 5.74) is 0. The topological polar surface area (TPSA) is 24.5 Å². The molecule has 0 radical (unpaired) electrons. The molecule has 2 rings (SSSR count). The number of hydrogen-bond acceptors (Lipinski definition) is 3. The molecule has 2 unspecified atom stereocenters. The lowest BCUT2D eigenvalue weighted by Crippen LogP contribution is -2.48. The summed E-state index contributed by atoms with van der Waals surface area (Å²) in [6, 6.07) is 2.05. The Balaban J connectivity index is 1.70. The molecular formula is C14H28N2O. The van der Waals surface area contributed by atoms with E-state index >= 15 is 0 Å². The van der Waals surface area contributed by atoms with E-state index in [0.29, 0.717) is 12.1 Å². The Kier molecular flexibility index (Phi) is 4.83. The van der Waals surface area contributed by atoms with E-state index in [-0.39, 0.29) is 0 Å². The molecule has 2 saturated heterocycles. The molecule has 100 valence electrons. The Bertz CT molecular complexity index is 218. The van der Waals surface area contributed by atoms with E-state index < -0.39 is 0 Å². The van der Waals surface area contributed by atoms with Crippen molar-refractivity contribution in [1.82, 2.24) is 10.2 Å². The normalized spacial score (nSPS) is 30.0. The minimum atomic E-state index is 0.619. The third kappa shape index (κ3) is 3.67. The molecule has 2 heterocycles. The number of hydrogen-bond donors (Lipinski definition) is 1. The summed E-state index contributed by atoms with van der Waals surface area (Å²) < 4.78 is 5.47. The third-order valence-corrected chi connectivity index (χ3v) is 4.43. The molecule has 2 atom stereocenters. The zero-order chi connectivity index (χ0) is 12.3. The van der Waals surface area contributed by atoms with Crippen LogP contribution in [0, 0.1) is 5.92 Å². The van der Waals surface area contributed by atoms with Crippen LogP contribution in [0.3, 0.4) is 0 Å². The molecule has 0 aliphatic carbocycles. The predicted molar refractivity (Wildman–Crippen MR) is 71.3 cm³/mol. The lowest BCUT2D eigenvalue weighted by molar-refractivity contribution is 0.146. The fourth-order valence-electron chi connectivity index (χ4n) is 3.04. The van der Waals surface area contributed by atoms with Gasteiger partial charge in [-0.3, -0.25) is 0 Å². The molecule has 2 aliphatic rings. The quantitative estimate of drug-likeness (QED) is 0.812. The summed E-state index contributed by atoms with van der Waals surface area (Å²) in [5, 5.41) is 3.81. The molecule has 3 heteroatoms. The van der Waals surface area contributed by atoms with Gasteiger partial charge in [-0.25, -0.2) is 0 Å². The molecule has 0 aromatic rings. The molecule has 3 nitrogen and oxygen atoms in total. The van der Waals surface area contributed by atoms with E-state index in [1.165, 1.54) is 32.4 Å². The van der Waals surface area contributed by atoms with Gasteiger partial charge >= 0.3 is 0 Å². The first-order valence-corrected chi connectivity index (χ1v) is 7.24. The van der Waals surface area contributed by atoms with E-state index in [2.05, 4.69) is 31.0 Å². The third-order valence-electron chi connectivity index (χ3n) is 4.43. The van der Waals surface area contributed by atoms with Gasteiger partial charge in [0, 0.05) is 24.7 Å². The fraction of sp³-hybridized carbons (Fsp3) is 1.00. The minimum absolute atomic E-state index is 0.619. The second-order valence-corrected chi connectivity index (χ2v) is 5.98. The first-order chi connectivity index (χ1) is 8.16. The lowest BCUT2D eigenvalue weighted by Gasteiger charge is -2.36. The number of likely N-dealkylation sites (tertiary alicyclic amines) is 1. The SMILES string of the molecule is CC(NC1CCN(C(C)C)CC1)C1CCOC1. The van der Waals surface area contributed by atoms with Crippen LogP contribution < -0.4 is 5.32 Å². The highest BCUT2D eigenvalue weighted by Crippen LogP contribution is 2.19. The van der Waals surface area contributed by atoms with Crippen molar-refractivity contribution in [3.63, 3.8) is 0 Å². The van der Waals surface area contributed by atoms with Gasteiger partial charge in [-0.2, -0.15) is 0 Å². The van der Waals surface area contributed by atoms with Crippen molar-refractivity contribution in [1.29, 1.82) is 0 Å². The van der Waals surface area contributed by atoms with E-state index in [0.717, 1.165) is 25.2 Å². The van der Waals surface area contributed by atoms with E-state index in [4.69, 9.17) is 4.74 Å². The summed E-state index contributed by atoms with van der Waals surface area (Å²) >= 11 is 0. The molecule has 0 amide bonds. The van der Waals surface area contributed by atoms with Gasteiger partial charge in [0.05, 0.1) is 6.61 Å². The molecule has 0 spiro atoms. The van der Waals surface area contributed by atoms with Gasteiger partial charge in [-0.1, -0.05) is 0 Å². The van der Waals surface area contributed by atoms with Crippen LogP contribution in [-0.2, 0) is 4.74 Å². The molecular weight excluding hydrogens is 212 g/mol. The maximum atomic E-state index is 5.47. The van der Waals surface area contributed by atoms with Crippen molar-refractivity contribution in [2.24, 2.45) is 5.92 Å². The van der Waals surface area contributed by atoms with Gasteiger partial charge in [0.1, 0.15) is 0 Å². The second-order valence-electron chi connectivity index (χ2n) is 5.98. The van der Waals surface area contributed by atoms with Crippen LogP contribution in [0.15, 0.2) is 0 Å². The summed E-state index contributed by atoms with van der Waals surface area (Å²) in [7, 11) is 0. The molecule has 1 N–H and O–H groups in total. The molecule has 0 aromatic carbocycles. The molecule has 0 aromatic heterocycles. The average molecular weight is 240 g/mol. The molecule has 2 fully saturated rings. The van der Waals surface area contributed by atoms with E-state index in [1.807, 2.05) is 0 Å². The number of nitrogens with one attached hydrogen (secondary N) is 1. The molecule has 2 aliphatic heterocycles. The molecule has 0 bridgehead atoms. The van der Waals surface area contributed by atoms with Gasteiger partial charge in [-0.15, -0.1) is 0 Å². The van der Waals surface area contributed by atoms with Crippen molar-refractivity contribution >= 4 is 0 Å². The maximum absolute atomic E-state index is 5.47.